The number of nitrogens with one attached hydrogen (secondary N) is 1. The van der Waals surface area contributed by atoms with Crippen molar-refractivity contribution in [2.45, 2.75) is 53.5 Å². The van der Waals surface area contributed by atoms with Gasteiger partial charge in [0.1, 0.15) is 11.8 Å². The summed E-state index contributed by atoms with van der Waals surface area (Å²) in [6.07, 6.45) is 1.22. The van der Waals surface area contributed by atoms with Crippen LogP contribution in [0.4, 0.5) is 0 Å². The number of hydrogen-bond donors (Lipinski definition) is 1. The van der Waals surface area contributed by atoms with Crippen LogP contribution in [0.2, 0.25) is 0 Å². The molecule has 1 N–H and O–H groups in total. The predicted octanol–water partition coefficient (Wildman–Crippen LogP) is 5.07. The monoisotopic (exact) mass is 502 g/mol. The maximum atomic E-state index is 13.2. The van der Waals surface area contributed by atoms with Gasteiger partial charge in [-0.05, 0) is 61.4 Å². The molecule has 32 heavy (non-hydrogen) atoms. The minimum absolute atomic E-state index is 0.108. The van der Waals surface area contributed by atoms with E-state index in [2.05, 4.69) is 35.1 Å². The molecule has 0 saturated heterocycles. The molecular weight excluding hydrogens is 468 g/mol. The maximum Gasteiger partial charge on any atom is 0.261 e. The molecular formula is C26H35BrN2O3. The average molecular weight is 503 g/mol. The molecule has 174 valence electrons. The number of aryl methyl sites for hydroxylation is 2. The largest absolute Gasteiger partial charge is 0.484 e. The summed E-state index contributed by atoms with van der Waals surface area (Å²) < 4.78 is 6.88. The summed E-state index contributed by atoms with van der Waals surface area (Å²) in [5.41, 5.74) is 3.23. The fourth-order valence-corrected chi connectivity index (χ4v) is 3.76. The van der Waals surface area contributed by atoms with Crippen molar-refractivity contribution in [2.24, 2.45) is 5.92 Å². The third-order valence-electron chi connectivity index (χ3n) is 5.33. The van der Waals surface area contributed by atoms with Crippen molar-refractivity contribution < 1.29 is 14.3 Å². The molecule has 2 rings (SSSR count). The van der Waals surface area contributed by atoms with E-state index in [1.165, 1.54) is 0 Å². The Balaban J connectivity index is 2.15. The molecule has 0 unspecified atom stereocenters. The Bertz CT molecular complexity index is 876. The van der Waals surface area contributed by atoms with Crippen LogP contribution in [0.15, 0.2) is 46.9 Å². The lowest BCUT2D eigenvalue weighted by Crippen LogP contribution is -2.51. The number of ether oxygens (including phenoxy) is 1. The predicted molar refractivity (Wildman–Crippen MR) is 133 cm³/mol. The number of halogens is 1. The summed E-state index contributed by atoms with van der Waals surface area (Å²) in [6.45, 7) is 11.0. The molecule has 2 aromatic carbocycles. The van der Waals surface area contributed by atoms with E-state index in [1.807, 2.05) is 63.2 Å². The van der Waals surface area contributed by atoms with E-state index in [1.54, 1.807) is 4.90 Å². The standard InChI is InChI=1S/C26H35BrN2O3/c1-6-23(26(31)28-16-18(2)3)29(13-12-21-10-8-7-9-11-21)24(30)17-32-22-14-19(4)25(27)20(5)15-22/h7-11,14-15,18,23H,6,12-13,16-17H2,1-5H3,(H,28,31)/t23-/m0/s1. The van der Waals surface area contributed by atoms with E-state index in [4.69, 9.17) is 4.74 Å². The highest BCUT2D eigenvalue weighted by molar-refractivity contribution is 9.10. The Morgan fingerprint density at radius 3 is 2.28 bits per heavy atom. The Morgan fingerprint density at radius 1 is 1.09 bits per heavy atom. The van der Waals surface area contributed by atoms with Crippen molar-refractivity contribution in [3.05, 3.63) is 63.6 Å². The van der Waals surface area contributed by atoms with Gasteiger partial charge in [-0.15, -0.1) is 0 Å². The van der Waals surface area contributed by atoms with Gasteiger partial charge in [-0.2, -0.15) is 0 Å². The second-order valence-electron chi connectivity index (χ2n) is 8.55. The van der Waals surface area contributed by atoms with Gasteiger partial charge >= 0.3 is 0 Å². The molecule has 0 fully saturated rings. The van der Waals surface area contributed by atoms with E-state index < -0.39 is 6.04 Å². The fraction of sp³-hybridized carbons (Fsp3) is 0.462. The number of hydrogen-bond acceptors (Lipinski definition) is 3. The molecule has 0 spiro atoms. The minimum atomic E-state index is -0.526. The first kappa shape index (κ1) is 25.9. The van der Waals surface area contributed by atoms with Gasteiger partial charge in [0.2, 0.25) is 5.91 Å². The Morgan fingerprint density at radius 2 is 1.72 bits per heavy atom. The molecule has 1 atom stereocenters. The molecule has 5 nitrogen and oxygen atoms in total. The topological polar surface area (TPSA) is 58.6 Å². The zero-order valence-electron chi connectivity index (χ0n) is 19.8. The van der Waals surface area contributed by atoms with Crippen molar-refractivity contribution in [3.8, 4) is 5.75 Å². The third-order valence-corrected chi connectivity index (χ3v) is 6.58. The SMILES string of the molecule is CC[C@@H](C(=O)NCC(C)C)N(CCc1ccccc1)C(=O)COc1cc(C)c(Br)c(C)c1. The van der Waals surface area contributed by atoms with Crippen LogP contribution in [0.25, 0.3) is 0 Å². The average Bonchev–Trinajstić information content (AvgIpc) is 2.77. The maximum absolute atomic E-state index is 13.2. The number of amides is 2. The number of carbonyl (C=O) groups is 2. The molecule has 0 aliphatic rings. The lowest BCUT2D eigenvalue weighted by atomic mass is 10.1. The van der Waals surface area contributed by atoms with Crippen LogP contribution in [0.3, 0.4) is 0 Å². The summed E-state index contributed by atoms with van der Waals surface area (Å²) in [4.78, 5) is 27.8. The van der Waals surface area contributed by atoms with Gasteiger partial charge in [-0.1, -0.05) is 67.0 Å². The van der Waals surface area contributed by atoms with Crippen molar-refractivity contribution in [1.29, 1.82) is 0 Å². The summed E-state index contributed by atoms with van der Waals surface area (Å²) in [6, 6.07) is 13.3. The lowest BCUT2D eigenvalue weighted by molar-refractivity contribution is -0.142. The third kappa shape index (κ3) is 7.66. The van der Waals surface area contributed by atoms with Gasteiger partial charge in [-0.25, -0.2) is 0 Å². The van der Waals surface area contributed by atoms with E-state index in [-0.39, 0.29) is 18.4 Å². The molecule has 0 heterocycles. The van der Waals surface area contributed by atoms with Crippen molar-refractivity contribution in [2.75, 3.05) is 19.7 Å². The highest BCUT2D eigenvalue weighted by Crippen LogP contribution is 2.26. The second kappa shape index (κ2) is 12.6. The van der Waals surface area contributed by atoms with Crippen LogP contribution in [-0.4, -0.2) is 42.5 Å². The van der Waals surface area contributed by atoms with Crippen molar-refractivity contribution in [1.82, 2.24) is 10.2 Å². The smallest absolute Gasteiger partial charge is 0.261 e. The molecule has 0 saturated carbocycles. The van der Waals surface area contributed by atoms with E-state index in [0.717, 1.165) is 21.2 Å². The second-order valence-corrected chi connectivity index (χ2v) is 9.34. The highest BCUT2D eigenvalue weighted by Gasteiger charge is 2.28. The van der Waals surface area contributed by atoms with Gasteiger partial charge in [0.05, 0.1) is 0 Å². The highest BCUT2D eigenvalue weighted by atomic mass is 79.9. The van der Waals surface area contributed by atoms with E-state index in [9.17, 15) is 9.59 Å². The molecule has 6 heteroatoms. The summed E-state index contributed by atoms with van der Waals surface area (Å²) in [5.74, 6) is 0.692. The summed E-state index contributed by atoms with van der Waals surface area (Å²) in [5, 5.41) is 2.98. The van der Waals surface area contributed by atoms with E-state index >= 15 is 0 Å². The van der Waals surface area contributed by atoms with Crippen LogP contribution < -0.4 is 10.1 Å². The van der Waals surface area contributed by atoms with Gasteiger partial charge < -0.3 is 15.0 Å². The first-order chi connectivity index (χ1) is 15.2. The number of nitrogens with zero attached hydrogens (tertiary/aromatic N) is 1. The summed E-state index contributed by atoms with van der Waals surface area (Å²) >= 11 is 3.55. The number of rotatable bonds is 11. The van der Waals surface area contributed by atoms with Crippen LogP contribution in [-0.2, 0) is 16.0 Å². The summed E-state index contributed by atoms with van der Waals surface area (Å²) in [7, 11) is 0. The molecule has 2 aromatic rings. The normalized spacial score (nSPS) is 11.8. The zero-order valence-corrected chi connectivity index (χ0v) is 21.4. The van der Waals surface area contributed by atoms with Crippen molar-refractivity contribution >= 4 is 27.7 Å². The van der Waals surface area contributed by atoms with Crippen molar-refractivity contribution in [3.63, 3.8) is 0 Å². The molecule has 0 aliphatic carbocycles. The Hall–Kier alpha value is -2.34. The van der Waals surface area contributed by atoms with Gasteiger partial charge in [0, 0.05) is 17.6 Å². The number of benzene rings is 2. The molecule has 0 radical (unpaired) electrons. The first-order valence-electron chi connectivity index (χ1n) is 11.2. The molecule has 0 aromatic heterocycles. The van der Waals surface area contributed by atoms with Crippen LogP contribution in [0.1, 0.15) is 43.9 Å². The number of carbonyl (C=O) groups excluding carboxylic acids is 2. The van der Waals surface area contributed by atoms with Crippen LogP contribution in [0, 0.1) is 19.8 Å². The van der Waals surface area contributed by atoms with Gasteiger partial charge in [0.15, 0.2) is 6.61 Å². The molecule has 0 aliphatic heterocycles. The fourth-order valence-electron chi connectivity index (χ4n) is 3.54. The molecule has 2 amide bonds. The van der Waals surface area contributed by atoms with Crippen LogP contribution in [0.5, 0.6) is 5.75 Å². The Labute approximate surface area is 200 Å². The van der Waals surface area contributed by atoms with Crippen LogP contribution >= 0.6 is 15.9 Å². The van der Waals surface area contributed by atoms with E-state index in [0.29, 0.717) is 37.6 Å². The van der Waals surface area contributed by atoms with Gasteiger partial charge in [-0.3, -0.25) is 9.59 Å². The minimum Gasteiger partial charge on any atom is -0.484 e. The lowest BCUT2D eigenvalue weighted by Gasteiger charge is -2.30. The quantitative estimate of drug-likeness (QED) is 0.466. The van der Waals surface area contributed by atoms with Gasteiger partial charge in [0.25, 0.3) is 5.91 Å². The molecule has 0 bridgehead atoms. The zero-order chi connectivity index (χ0) is 23.7. The Kier molecular flexibility index (Phi) is 10.2. The first-order valence-corrected chi connectivity index (χ1v) is 12.0.